The van der Waals surface area contributed by atoms with Gasteiger partial charge in [0.2, 0.25) is 0 Å². The number of anilines is 1. The Morgan fingerprint density at radius 3 is 2.67 bits per heavy atom. The molecule has 0 saturated heterocycles. The van der Waals surface area contributed by atoms with E-state index in [1.165, 1.54) is 17.8 Å². The van der Waals surface area contributed by atoms with E-state index in [1.54, 1.807) is 6.07 Å². The number of hydrogen-bond acceptors (Lipinski definition) is 4. The van der Waals surface area contributed by atoms with Crippen molar-refractivity contribution < 1.29 is 23.1 Å². The minimum Gasteiger partial charge on any atom is -0.480 e. The van der Waals surface area contributed by atoms with E-state index in [0.717, 1.165) is 42.4 Å². The Morgan fingerprint density at radius 1 is 1.30 bits per heavy atom. The molecule has 2 aromatic rings. The first-order valence-electron chi connectivity index (χ1n) is 9.76. The molecule has 1 atom stereocenters. The van der Waals surface area contributed by atoms with Crippen LogP contribution in [0.2, 0.25) is 0 Å². The van der Waals surface area contributed by atoms with E-state index in [-0.39, 0.29) is 17.0 Å². The maximum atomic E-state index is 13.3. The molecule has 1 aromatic heterocycles. The van der Waals surface area contributed by atoms with Gasteiger partial charge in [0.25, 0.3) is 5.56 Å². The largest absolute Gasteiger partial charge is 0.480 e. The fourth-order valence-electron chi connectivity index (χ4n) is 3.71. The summed E-state index contributed by atoms with van der Waals surface area (Å²) in [6.45, 7) is 2.06. The Balaban J connectivity index is 2.23. The molecule has 0 fully saturated rings. The number of pyridine rings is 1. The number of aromatic nitrogens is 1. The first-order valence-corrected chi connectivity index (χ1v) is 10.8. The molecule has 0 saturated carbocycles. The Hall–Kier alpha value is -2.42. The summed E-state index contributed by atoms with van der Waals surface area (Å²) >= 11 is 1.17. The van der Waals surface area contributed by atoms with E-state index in [0.29, 0.717) is 22.6 Å². The van der Waals surface area contributed by atoms with Crippen molar-refractivity contribution in [3.8, 4) is 11.1 Å². The molecule has 5 nitrogen and oxygen atoms in total. The predicted molar refractivity (Wildman–Crippen MR) is 111 cm³/mol. The zero-order valence-electron chi connectivity index (χ0n) is 16.5. The second-order valence-electron chi connectivity index (χ2n) is 7.30. The number of nitrogens with two attached hydrogens (primary N) is 1. The Bertz CT molecular complexity index is 1020. The van der Waals surface area contributed by atoms with Gasteiger partial charge < -0.3 is 10.8 Å². The number of carboxylic acids is 1. The van der Waals surface area contributed by atoms with Gasteiger partial charge in [-0.2, -0.15) is 13.2 Å². The van der Waals surface area contributed by atoms with Crippen LogP contribution in [0, 0.1) is 0 Å². The van der Waals surface area contributed by atoms with Gasteiger partial charge in [0.05, 0.1) is 10.6 Å². The highest BCUT2D eigenvalue weighted by molar-refractivity contribution is 7.99. The van der Waals surface area contributed by atoms with Gasteiger partial charge in [-0.15, -0.1) is 11.8 Å². The molecule has 0 aliphatic carbocycles. The molecule has 162 valence electrons. The molecule has 0 spiro atoms. The van der Waals surface area contributed by atoms with Crippen LogP contribution in [0.15, 0.2) is 34.1 Å². The highest BCUT2D eigenvalue weighted by Crippen LogP contribution is 2.44. The fraction of sp³-hybridized carbons (Fsp3) is 0.429. The maximum absolute atomic E-state index is 13.3. The average Bonchev–Trinajstić information content (AvgIpc) is 3.13. The number of carbonyl (C=O) groups is 1. The van der Waals surface area contributed by atoms with Crippen LogP contribution in [0.25, 0.3) is 11.1 Å². The third kappa shape index (κ3) is 4.21. The second-order valence-corrected chi connectivity index (χ2v) is 8.31. The van der Waals surface area contributed by atoms with Crippen LogP contribution in [0.3, 0.4) is 0 Å². The Kier molecular flexibility index (Phi) is 6.50. The number of aliphatic carboxylic acids is 1. The predicted octanol–water partition coefficient (Wildman–Crippen LogP) is 4.97. The second kappa shape index (κ2) is 8.75. The number of hydrogen-bond donors (Lipinski definition) is 2. The number of rotatable bonds is 7. The fourth-order valence-corrected chi connectivity index (χ4v) is 5.05. The van der Waals surface area contributed by atoms with Crippen LogP contribution in [0.4, 0.5) is 18.9 Å². The molecule has 1 aliphatic rings. The van der Waals surface area contributed by atoms with E-state index in [2.05, 4.69) is 6.92 Å². The third-order valence-electron chi connectivity index (χ3n) is 5.24. The van der Waals surface area contributed by atoms with Gasteiger partial charge in [-0.05, 0) is 36.1 Å². The SMILES string of the molecule is CCCCCCc1c(-c2cccc(C(F)(F)F)c2)c2n(c(=O)c1N)[C@H](C(=O)O)CS2. The summed E-state index contributed by atoms with van der Waals surface area (Å²) in [4.78, 5) is 24.5. The van der Waals surface area contributed by atoms with Gasteiger partial charge in [-0.25, -0.2) is 4.79 Å². The topological polar surface area (TPSA) is 85.3 Å². The summed E-state index contributed by atoms with van der Waals surface area (Å²) in [7, 11) is 0. The molecule has 0 unspecified atom stereocenters. The quantitative estimate of drug-likeness (QED) is 0.594. The zero-order chi connectivity index (χ0) is 22.1. The van der Waals surface area contributed by atoms with Crippen molar-refractivity contribution in [2.24, 2.45) is 0 Å². The van der Waals surface area contributed by atoms with Crippen molar-refractivity contribution >= 4 is 23.4 Å². The van der Waals surface area contributed by atoms with Crippen molar-refractivity contribution in [1.82, 2.24) is 4.57 Å². The number of halogens is 3. The van der Waals surface area contributed by atoms with Crippen molar-refractivity contribution in [3.63, 3.8) is 0 Å². The van der Waals surface area contributed by atoms with Crippen LogP contribution in [0.5, 0.6) is 0 Å². The van der Waals surface area contributed by atoms with Gasteiger partial charge in [0.15, 0.2) is 0 Å². The van der Waals surface area contributed by atoms with Crippen molar-refractivity contribution in [2.75, 3.05) is 11.5 Å². The number of benzene rings is 1. The van der Waals surface area contributed by atoms with Gasteiger partial charge in [-0.1, -0.05) is 38.3 Å². The van der Waals surface area contributed by atoms with Crippen molar-refractivity contribution in [2.45, 2.75) is 56.3 Å². The molecule has 2 heterocycles. The summed E-state index contributed by atoms with van der Waals surface area (Å²) in [5.41, 5.74) is 5.87. The molecule has 1 aromatic carbocycles. The number of fused-ring (bicyclic) bond motifs is 1. The van der Waals surface area contributed by atoms with Gasteiger partial charge in [0, 0.05) is 11.3 Å². The number of unbranched alkanes of at least 4 members (excludes halogenated alkanes) is 3. The Labute approximate surface area is 176 Å². The highest BCUT2D eigenvalue weighted by Gasteiger charge is 2.36. The molecule has 0 bridgehead atoms. The molecule has 0 radical (unpaired) electrons. The van der Waals surface area contributed by atoms with E-state index in [1.807, 2.05) is 0 Å². The zero-order valence-corrected chi connectivity index (χ0v) is 17.3. The standard InChI is InChI=1S/C21H23F3N2O3S/c1-2-3-4-5-9-14-16(12-7-6-8-13(10-12)21(22,23)24)19-26(18(27)17(14)25)15(11-30-19)20(28)29/h6-8,10,15H,2-5,9,11,25H2,1H3,(H,28,29)/t15-/m0/s1. The lowest BCUT2D eigenvalue weighted by molar-refractivity contribution is -0.140. The van der Waals surface area contributed by atoms with Crippen LogP contribution in [-0.4, -0.2) is 21.4 Å². The number of thioether (sulfide) groups is 1. The first kappa shape index (κ1) is 22.3. The summed E-state index contributed by atoms with van der Waals surface area (Å²) in [5, 5.41) is 9.86. The maximum Gasteiger partial charge on any atom is 0.416 e. The van der Waals surface area contributed by atoms with Gasteiger partial charge in [0.1, 0.15) is 11.7 Å². The summed E-state index contributed by atoms with van der Waals surface area (Å²) < 4.78 is 41.0. The summed E-state index contributed by atoms with van der Waals surface area (Å²) in [6, 6.07) is 3.77. The molecule has 0 amide bonds. The van der Waals surface area contributed by atoms with E-state index < -0.39 is 29.3 Å². The van der Waals surface area contributed by atoms with Gasteiger partial charge >= 0.3 is 12.1 Å². The lowest BCUT2D eigenvalue weighted by Gasteiger charge is -2.20. The number of carboxylic acid groups (broad SMARTS) is 1. The molecule has 3 rings (SSSR count). The summed E-state index contributed by atoms with van der Waals surface area (Å²) in [5.74, 6) is -1.05. The first-order chi connectivity index (χ1) is 14.2. The molecular weight excluding hydrogens is 417 g/mol. The molecule has 30 heavy (non-hydrogen) atoms. The number of nitrogens with zero attached hydrogens (tertiary/aromatic N) is 1. The highest BCUT2D eigenvalue weighted by atomic mass is 32.2. The smallest absolute Gasteiger partial charge is 0.416 e. The summed E-state index contributed by atoms with van der Waals surface area (Å²) in [6.07, 6.45) is -0.425. The van der Waals surface area contributed by atoms with Crippen molar-refractivity contribution in [1.29, 1.82) is 0 Å². The minimum atomic E-state index is -4.52. The molecular formula is C21H23F3N2O3S. The minimum absolute atomic E-state index is 0.0867. The number of nitrogen functional groups attached to an aromatic ring is 1. The van der Waals surface area contributed by atoms with E-state index in [4.69, 9.17) is 5.73 Å². The van der Waals surface area contributed by atoms with Crippen molar-refractivity contribution in [3.05, 3.63) is 45.7 Å². The lowest BCUT2D eigenvalue weighted by Crippen LogP contribution is -2.31. The molecule has 1 aliphatic heterocycles. The third-order valence-corrected chi connectivity index (χ3v) is 6.40. The monoisotopic (exact) mass is 440 g/mol. The van der Waals surface area contributed by atoms with E-state index >= 15 is 0 Å². The van der Waals surface area contributed by atoms with Crippen LogP contribution in [0.1, 0.15) is 49.8 Å². The van der Waals surface area contributed by atoms with Crippen LogP contribution in [-0.2, 0) is 17.4 Å². The van der Waals surface area contributed by atoms with Gasteiger partial charge in [-0.3, -0.25) is 9.36 Å². The van der Waals surface area contributed by atoms with Crippen LogP contribution < -0.4 is 11.3 Å². The van der Waals surface area contributed by atoms with E-state index in [9.17, 15) is 27.9 Å². The average molecular weight is 440 g/mol. The molecule has 3 N–H and O–H groups in total. The van der Waals surface area contributed by atoms with Crippen LogP contribution >= 0.6 is 11.8 Å². The normalized spacial score (nSPS) is 15.9. The Morgan fingerprint density at radius 2 is 2.03 bits per heavy atom. The number of alkyl halides is 3. The molecule has 9 heteroatoms. The lowest BCUT2D eigenvalue weighted by atomic mass is 9.94.